The number of hydrogen-bond acceptors (Lipinski definition) is 4. The van der Waals surface area contributed by atoms with E-state index in [4.69, 9.17) is 4.74 Å². The van der Waals surface area contributed by atoms with Crippen LogP contribution < -0.4 is 10.1 Å². The summed E-state index contributed by atoms with van der Waals surface area (Å²) in [5.74, 6) is 0.830. The Morgan fingerprint density at radius 3 is 2.96 bits per heavy atom. The Morgan fingerprint density at radius 1 is 1.29 bits per heavy atom. The molecule has 0 aliphatic carbocycles. The Hall–Kier alpha value is -2.60. The van der Waals surface area contributed by atoms with E-state index < -0.39 is 0 Å². The van der Waals surface area contributed by atoms with Crippen molar-refractivity contribution >= 4 is 0 Å². The molecule has 0 radical (unpaired) electrons. The van der Waals surface area contributed by atoms with Gasteiger partial charge in [-0.3, -0.25) is 9.78 Å². The number of ether oxygens (including phenoxy) is 1. The third kappa shape index (κ3) is 3.49. The first-order valence-corrected chi connectivity index (χ1v) is 8.15. The van der Waals surface area contributed by atoms with E-state index in [0.717, 1.165) is 29.2 Å². The molecular formula is C18H23N5O. The average molecular weight is 325 g/mol. The van der Waals surface area contributed by atoms with Crippen LogP contribution in [0.3, 0.4) is 0 Å². The maximum atomic E-state index is 5.27. The number of H-pyrrole nitrogens is 1. The minimum atomic E-state index is 0.219. The van der Waals surface area contributed by atoms with E-state index in [1.807, 2.05) is 35.1 Å². The molecule has 0 saturated carbocycles. The molecule has 2 aromatic heterocycles. The second-order valence-corrected chi connectivity index (χ2v) is 5.68. The maximum Gasteiger partial charge on any atom is 0.119 e. The van der Waals surface area contributed by atoms with Gasteiger partial charge in [0.1, 0.15) is 5.75 Å². The van der Waals surface area contributed by atoms with Gasteiger partial charge in [-0.25, -0.2) is 0 Å². The van der Waals surface area contributed by atoms with Gasteiger partial charge in [-0.15, -0.1) is 0 Å². The third-order valence-electron chi connectivity index (χ3n) is 4.09. The average Bonchev–Trinajstić information content (AvgIpc) is 3.28. The lowest BCUT2D eigenvalue weighted by Crippen LogP contribution is -2.21. The zero-order chi connectivity index (χ0) is 16.9. The molecule has 0 saturated heterocycles. The molecule has 0 spiro atoms. The molecule has 1 atom stereocenters. The standard InChI is InChI=1S/C18H23N5O/c1-4-23-18(8-9-20-23)13(2)19-12-15-11-17(22-21-15)14-6-5-7-16(10-14)24-3/h5-11,13,19H,4,12H2,1-3H3,(H,21,22). The topological polar surface area (TPSA) is 67.8 Å². The maximum absolute atomic E-state index is 5.27. The van der Waals surface area contributed by atoms with Crippen molar-refractivity contribution in [3.8, 4) is 17.0 Å². The van der Waals surface area contributed by atoms with E-state index in [9.17, 15) is 0 Å². The number of rotatable bonds is 7. The number of nitrogens with zero attached hydrogens (tertiary/aromatic N) is 3. The van der Waals surface area contributed by atoms with Gasteiger partial charge in [0.15, 0.2) is 0 Å². The summed E-state index contributed by atoms with van der Waals surface area (Å²) in [4.78, 5) is 0. The molecule has 3 rings (SSSR count). The van der Waals surface area contributed by atoms with Crippen molar-refractivity contribution < 1.29 is 4.74 Å². The molecule has 6 heteroatoms. The molecule has 3 aromatic rings. The molecule has 0 bridgehead atoms. The Balaban J connectivity index is 1.66. The number of aryl methyl sites for hydroxylation is 1. The predicted molar refractivity (Wildman–Crippen MR) is 93.7 cm³/mol. The van der Waals surface area contributed by atoms with Crippen LogP contribution in [0.25, 0.3) is 11.3 Å². The monoisotopic (exact) mass is 325 g/mol. The third-order valence-corrected chi connectivity index (χ3v) is 4.09. The number of methoxy groups -OCH3 is 1. The highest BCUT2D eigenvalue weighted by Gasteiger charge is 2.11. The molecule has 0 amide bonds. The van der Waals surface area contributed by atoms with Gasteiger partial charge < -0.3 is 10.1 Å². The second-order valence-electron chi connectivity index (χ2n) is 5.68. The zero-order valence-corrected chi connectivity index (χ0v) is 14.3. The van der Waals surface area contributed by atoms with Crippen LogP contribution in [-0.2, 0) is 13.1 Å². The van der Waals surface area contributed by atoms with Crippen molar-refractivity contribution in [2.24, 2.45) is 0 Å². The van der Waals surface area contributed by atoms with E-state index in [1.165, 1.54) is 5.69 Å². The summed E-state index contributed by atoms with van der Waals surface area (Å²) in [6.07, 6.45) is 1.84. The van der Waals surface area contributed by atoms with Gasteiger partial charge in [0, 0.05) is 36.6 Å². The molecule has 2 N–H and O–H groups in total. The highest BCUT2D eigenvalue weighted by Crippen LogP contribution is 2.22. The first-order valence-electron chi connectivity index (χ1n) is 8.15. The fourth-order valence-electron chi connectivity index (χ4n) is 2.73. The molecular weight excluding hydrogens is 302 g/mol. The predicted octanol–water partition coefficient (Wildman–Crippen LogP) is 3.15. The lowest BCUT2D eigenvalue weighted by atomic mass is 10.1. The number of hydrogen-bond donors (Lipinski definition) is 2. The van der Waals surface area contributed by atoms with Gasteiger partial charge in [-0.05, 0) is 38.1 Å². The van der Waals surface area contributed by atoms with E-state index >= 15 is 0 Å². The summed E-state index contributed by atoms with van der Waals surface area (Å²) in [5, 5.41) is 15.3. The Bertz CT molecular complexity index is 792. The van der Waals surface area contributed by atoms with Crippen LogP contribution in [0.2, 0.25) is 0 Å². The van der Waals surface area contributed by atoms with Crippen LogP contribution >= 0.6 is 0 Å². The van der Waals surface area contributed by atoms with Gasteiger partial charge in [0.05, 0.1) is 18.5 Å². The van der Waals surface area contributed by atoms with Crippen LogP contribution in [0.4, 0.5) is 0 Å². The minimum Gasteiger partial charge on any atom is -0.497 e. The number of benzene rings is 1. The van der Waals surface area contributed by atoms with Gasteiger partial charge in [-0.1, -0.05) is 12.1 Å². The number of aromatic nitrogens is 4. The van der Waals surface area contributed by atoms with Gasteiger partial charge in [0.25, 0.3) is 0 Å². The Kier molecular flexibility index (Phi) is 4.96. The molecule has 0 fully saturated rings. The van der Waals surface area contributed by atoms with Crippen LogP contribution in [0, 0.1) is 0 Å². The van der Waals surface area contributed by atoms with Crippen molar-refractivity contribution in [3.63, 3.8) is 0 Å². The lowest BCUT2D eigenvalue weighted by Gasteiger charge is -2.14. The molecule has 0 aliphatic heterocycles. The molecule has 24 heavy (non-hydrogen) atoms. The molecule has 6 nitrogen and oxygen atoms in total. The quantitative estimate of drug-likeness (QED) is 0.700. The van der Waals surface area contributed by atoms with Gasteiger partial charge in [0.2, 0.25) is 0 Å². The lowest BCUT2D eigenvalue weighted by molar-refractivity contribution is 0.415. The van der Waals surface area contributed by atoms with Crippen molar-refractivity contribution in [2.75, 3.05) is 7.11 Å². The molecule has 126 valence electrons. The molecule has 1 unspecified atom stereocenters. The first kappa shape index (κ1) is 16.3. The summed E-state index contributed by atoms with van der Waals surface area (Å²) < 4.78 is 7.27. The Morgan fingerprint density at radius 2 is 2.17 bits per heavy atom. The number of nitrogens with one attached hydrogen (secondary N) is 2. The smallest absolute Gasteiger partial charge is 0.119 e. The largest absolute Gasteiger partial charge is 0.497 e. The summed E-state index contributed by atoms with van der Waals surface area (Å²) in [5.41, 5.74) is 4.18. The van der Waals surface area contributed by atoms with Gasteiger partial charge >= 0.3 is 0 Å². The van der Waals surface area contributed by atoms with Crippen LogP contribution in [0.1, 0.15) is 31.3 Å². The Labute approximate surface area is 141 Å². The van der Waals surface area contributed by atoms with Crippen molar-refractivity contribution in [1.82, 2.24) is 25.3 Å². The van der Waals surface area contributed by atoms with Crippen molar-refractivity contribution in [2.45, 2.75) is 33.0 Å². The second kappa shape index (κ2) is 7.31. The molecule has 2 heterocycles. The SMILES string of the molecule is CCn1nccc1C(C)NCc1cc(-c2cccc(OC)c2)n[nH]1. The van der Waals surface area contributed by atoms with E-state index in [1.54, 1.807) is 7.11 Å². The molecule has 0 aliphatic rings. The van der Waals surface area contributed by atoms with Crippen molar-refractivity contribution in [1.29, 1.82) is 0 Å². The van der Waals surface area contributed by atoms with Crippen molar-refractivity contribution in [3.05, 3.63) is 54.0 Å². The van der Waals surface area contributed by atoms with E-state index in [0.29, 0.717) is 6.54 Å². The van der Waals surface area contributed by atoms with Crippen LogP contribution in [0.5, 0.6) is 5.75 Å². The molecule has 1 aromatic carbocycles. The highest BCUT2D eigenvalue weighted by molar-refractivity contribution is 5.61. The zero-order valence-electron chi connectivity index (χ0n) is 14.3. The van der Waals surface area contributed by atoms with E-state index in [2.05, 4.69) is 46.6 Å². The van der Waals surface area contributed by atoms with Crippen LogP contribution in [0.15, 0.2) is 42.6 Å². The summed E-state index contributed by atoms with van der Waals surface area (Å²) >= 11 is 0. The van der Waals surface area contributed by atoms with E-state index in [-0.39, 0.29) is 6.04 Å². The highest BCUT2D eigenvalue weighted by atomic mass is 16.5. The van der Waals surface area contributed by atoms with Crippen LogP contribution in [-0.4, -0.2) is 27.1 Å². The fraction of sp³-hybridized carbons (Fsp3) is 0.333. The number of aromatic amines is 1. The first-order chi connectivity index (χ1) is 11.7. The van der Waals surface area contributed by atoms with Gasteiger partial charge in [-0.2, -0.15) is 10.2 Å². The summed E-state index contributed by atoms with van der Waals surface area (Å²) in [6, 6.07) is 12.2. The normalized spacial score (nSPS) is 12.3. The minimum absolute atomic E-state index is 0.219. The fourth-order valence-corrected chi connectivity index (χ4v) is 2.73. The summed E-state index contributed by atoms with van der Waals surface area (Å²) in [7, 11) is 1.67. The summed E-state index contributed by atoms with van der Waals surface area (Å²) in [6.45, 7) is 5.83.